The smallest absolute Gasteiger partial charge is 0.280 e. The van der Waals surface area contributed by atoms with Gasteiger partial charge < -0.3 is 25.6 Å². The first kappa shape index (κ1) is 12.1. The van der Waals surface area contributed by atoms with Crippen molar-refractivity contribution in [2.75, 3.05) is 5.73 Å². The Balaban J connectivity index is 2.14. The van der Waals surface area contributed by atoms with Crippen LogP contribution in [0.5, 0.6) is 0 Å². The molecule has 9 heteroatoms. The second-order valence-corrected chi connectivity index (χ2v) is 4.63. The van der Waals surface area contributed by atoms with Crippen LogP contribution in [0.2, 0.25) is 0 Å². The summed E-state index contributed by atoms with van der Waals surface area (Å²) in [6, 6.07) is -0.608. The number of hydrogen-bond acceptors (Lipinski definition) is 7. The molecule has 1 unspecified atom stereocenters. The molecule has 0 aliphatic heterocycles. The number of aliphatic hydroxyl groups excluding tert-OH is 3. The Kier molecular flexibility index (Phi) is 2.55. The van der Waals surface area contributed by atoms with Crippen LogP contribution in [-0.2, 0) is 0 Å². The van der Waals surface area contributed by atoms with Crippen LogP contribution in [0.1, 0.15) is 12.5 Å². The lowest BCUT2D eigenvalue weighted by Gasteiger charge is -2.17. The van der Waals surface area contributed by atoms with Crippen molar-refractivity contribution in [2.45, 2.75) is 30.8 Å². The third-order valence-electron chi connectivity index (χ3n) is 3.43. The molecule has 2 aromatic heterocycles. The summed E-state index contributed by atoms with van der Waals surface area (Å²) in [5.74, 6) is -0.0622. The van der Waals surface area contributed by atoms with Gasteiger partial charge in [-0.05, 0) is 6.42 Å². The van der Waals surface area contributed by atoms with Gasteiger partial charge >= 0.3 is 0 Å². The lowest BCUT2D eigenvalue weighted by atomic mass is 10.2. The highest BCUT2D eigenvalue weighted by Gasteiger charge is 2.42. The summed E-state index contributed by atoms with van der Waals surface area (Å²) in [6.45, 7) is 0. The van der Waals surface area contributed by atoms with Crippen LogP contribution in [0.3, 0.4) is 0 Å². The van der Waals surface area contributed by atoms with Gasteiger partial charge in [0.2, 0.25) is 5.95 Å². The zero-order valence-electron chi connectivity index (χ0n) is 9.76. The fourth-order valence-electron chi connectivity index (χ4n) is 2.45. The van der Waals surface area contributed by atoms with Crippen LogP contribution in [0.4, 0.5) is 5.95 Å². The molecular formula is C10H13N5O4. The number of nitrogens with zero attached hydrogens (tertiary/aromatic N) is 3. The maximum Gasteiger partial charge on any atom is 0.280 e. The molecule has 0 spiro atoms. The molecule has 1 aliphatic carbocycles. The van der Waals surface area contributed by atoms with Gasteiger partial charge in [-0.2, -0.15) is 4.98 Å². The fourth-order valence-corrected chi connectivity index (χ4v) is 2.45. The molecule has 2 heterocycles. The maximum atomic E-state index is 11.6. The van der Waals surface area contributed by atoms with Crippen molar-refractivity contribution in [1.82, 2.24) is 19.5 Å². The van der Waals surface area contributed by atoms with E-state index in [1.165, 1.54) is 10.9 Å². The van der Waals surface area contributed by atoms with E-state index in [9.17, 15) is 20.1 Å². The first-order valence-corrected chi connectivity index (χ1v) is 5.75. The van der Waals surface area contributed by atoms with Crippen LogP contribution >= 0.6 is 0 Å². The minimum atomic E-state index is -1.23. The molecule has 1 saturated carbocycles. The molecule has 4 atom stereocenters. The molecule has 1 fully saturated rings. The fraction of sp³-hybridized carbons (Fsp3) is 0.500. The Morgan fingerprint density at radius 3 is 2.74 bits per heavy atom. The Morgan fingerprint density at radius 1 is 1.37 bits per heavy atom. The highest BCUT2D eigenvalue weighted by atomic mass is 16.4. The lowest BCUT2D eigenvalue weighted by molar-refractivity contribution is -0.0244. The SMILES string of the molecule is Nc1nc2c(ncn2C2C[C@H](O)[C@H](O)[C@@H]2O)c(=O)[nH]1. The highest BCUT2D eigenvalue weighted by molar-refractivity contribution is 5.70. The van der Waals surface area contributed by atoms with Gasteiger partial charge in [-0.1, -0.05) is 0 Å². The normalized spacial score (nSPS) is 31.1. The predicted octanol–water partition coefficient (Wildman–Crippen LogP) is -2.27. The van der Waals surface area contributed by atoms with E-state index in [4.69, 9.17) is 5.73 Å². The molecule has 1 aliphatic rings. The quantitative estimate of drug-likeness (QED) is 0.391. The van der Waals surface area contributed by atoms with Gasteiger partial charge in [0.25, 0.3) is 5.56 Å². The number of rotatable bonds is 1. The summed E-state index contributed by atoms with van der Waals surface area (Å²) in [7, 11) is 0. The average molecular weight is 267 g/mol. The van der Waals surface area contributed by atoms with Crippen LogP contribution in [0, 0.1) is 0 Å². The minimum absolute atomic E-state index is 0.0622. The van der Waals surface area contributed by atoms with Crippen molar-refractivity contribution in [3.05, 3.63) is 16.7 Å². The van der Waals surface area contributed by atoms with E-state index in [1.807, 2.05) is 0 Å². The summed E-state index contributed by atoms with van der Waals surface area (Å²) >= 11 is 0. The number of fused-ring (bicyclic) bond motifs is 1. The largest absolute Gasteiger partial charge is 0.390 e. The van der Waals surface area contributed by atoms with E-state index in [0.717, 1.165) is 0 Å². The van der Waals surface area contributed by atoms with Gasteiger partial charge in [0.05, 0.1) is 18.5 Å². The summed E-state index contributed by atoms with van der Waals surface area (Å²) in [6.07, 6.45) is -1.94. The van der Waals surface area contributed by atoms with Crippen LogP contribution in [0.15, 0.2) is 11.1 Å². The molecule has 6 N–H and O–H groups in total. The molecule has 2 aromatic rings. The van der Waals surface area contributed by atoms with Crippen molar-refractivity contribution >= 4 is 17.1 Å². The molecular weight excluding hydrogens is 254 g/mol. The summed E-state index contributed by atoms with van der Waals surface area (Å²) < 4.78 is 1.45. The first-order valence-electron chi connectivity index (χ1n) is 5.75. The van der Waals surface area contributed by atoms with E-state index in [1.54, 1.807) is 0 Å². The van der Waals surface area contributed by atoms with Gasteiger partial charge in [0.1, 0.15) is 12.2 Å². The van der Waals surface area contributed by atoms with Crippen molar-refractivity contribution in [2.24, 2.45) is 0 Å². The molecule has 0 amide bonds. The van der Waals surface area contributed by atoms with E-state index >= 15 is 0 Å². The highest BCUT2D eigenvalue weighted by Crippen LogP contribution is 2.32. The number of nitrogens with two attached hydrogens (primary N) is 1. The van der Waals surface area contributed by atoms with Gasteiger partial charge in [-0.25, -0.2) is 4.98 Å². The van der Waals surface area contributed by atoms with Gasteiger partial charge in [-0.3, -0.25) is 9.78 Å². The molecule has 102 valence electrons. The molecule has 3 rings (SSSR count). The molecule has 0 radical (unpaired) electrons. The molecule has 0 aromatic carbocycles. The molecule has 0 bridgehead atoms. The molecule has 19 heavy (non-hydrogen) atoms. The third kappa shape index (κ3) is 1.70. The lowest BCUT2D eigenvalue weighted by Crippen LogP contribution is -2.31. The van der Waals surface area contributed by atoms with Crippen LogP contribution < -0.4 is 11.3 Å². The maximum absolute atomic E-state index is 11.6. The van der Waals surface area contributed by atoms with E-state index in [2.05, 4.69) is 15.0 Å². The molecule has 0 saturated heterocycles. The van der Waals surface area contributed by atoms with Crippen LogP contribution in [0.25, 0.3) is 11.2 Å². The number of anilines is 1. The van der Waals surface area contributed by atoms with Gasteiger partial charge in [0.15, 0.2) is 11.2 Å². The number of aromatic nitrogens is 4. The topological polar surface area (TPSA) is 150 Å². The Hall–Kier alpha value is -1.97. The zero-order valence-corrected chi connectivity index (χ0v) is 9.76. The monoisotopic (exact) mass is 267 g/mol. The Morgan fingerprint density at radius 2 is 2.11 bits per heavy atom. The number of H-pyrrole nitrogens is 1. The Bertz CT molecular complexity index is 680. The van der Waals surface area contributed by atoms with E-state index in [-0.39, 0.29) is 23.5 Å². The first-order chi connectivity index (χ1) is 8.99. The minimum Gasteiger partial charge on any atom is -0.390 e. The average Bonchev–Trinajstić information content (AvgIpc) is 2.86. The standard InChI is InChI=1S/C10H13N5O4/c11-10-13-8-5(9(19)14-10)12-2-15(8)3-1-4(16)7(18)6(3)17/h2-4,6-7,16-18H,1H2,(H3,11,13,14,19)/t3?,4-,6+,7-/m0/s1. The van der Waals surface area contributed by atoms with Gasteiger partial charge in [-0.15, -0.1) is 0 Å². The van der Waals surface area contributed by atoms with E-state index in [0.29, 0.717) is 0 Å². The zero-order chi connectivity index (χ0) is 13.7. The molecule has 9 nitrogen and oxygen atoms in total. The summed E-state index contributed by atoms with van der Waals surface area (Å²) in [5.41, 5.74) is 5.30. The van der Waals surface area contributed by atoms with Gasteiger partial charge in [0, 0.05) is 0 Å². The predicted molar refractivity (Wildman–Crippen MR) is 64.2 cm³/mol. The van der Waals surface area contributed by atoms with Crippen molar-refractivity contribution < 1.29 is 15.3 Å². The third-order valence-corrected chi connectivity index (χ3v) is 3.43. The number of nitrogen functional groups attached to an aromatic ring is 1. The van der Waals surface area contributed by atoms with Crippen molar-refractivity contribution in [1.29, 1.82) is 0 Å². The van der Waals surface area contributed by atoms with E-state index < -0.39 is 29.9 Å². The summed E-state index contributed by atoms with van der Waals surface area (Å²) in [4.78, 5) is 21.8. The number of hydrogen-bond donors (Lipinski definition) is 5. The number of imidazole rings is 1. The second kappa shape index (κ2) is 4.02. The number of aromatic amines is 1. The number of nitrogens with one attached hydrogen (secondary N) is 1. The Labute approximate surface area is 106 Å². The van der Waals surface area contributed by atoms with Crippen molar-refractivity contribution in [3.8, 4) is 0 Å². The second-order valence-electron chi connectivity index (χ2n) is 4.63. The van der Waals surface area contributed by atoms with Crippen LogP contribution in [-0.4, -0.2) is 53.2 Å². The summed E-state index contributed by atoms with van der Waals surface area (Å²) in [5, 5.41) is 29.0. The number of aliphatic hydroxyl groups is 3. The van der Waals surface area contributed by atoms with Crippen molar-refractivity contribution in [3.63, 3.8) is 0 Å².